The fourth-order valence-electron chi connectivity index (χ4n) is 2.81. The Kier molecular flexibility index (Phi) is 7.54. The number of nitrogens with one attached hydrogen (secondary N) is 1. The van der Waals surface area contributed by atoms with Crippen LogP contribution in [0, 0.1) is 10.1 Å². The van der Waals surface area contributed by atoms with Crippen molar-refractivity contribution in [3.8, 4) is 0 Å². The Hall–Kier alpha value is -2.91. The minimum absolute atomic E-state index is 0.194. The fraction of sp³-hybridized carbons (Fsp3) is 0.474. The van der Waals surface area contributed by atoms with Crippen LogP contribution in [-0.4, -0.2) is 40.7 Å². The summed E-state index contributed by atoms with van der Waals surface area (Å²) in [6.07, 6.45) is -4.72. The SMILES string of the molecule is C=CCC(NC(=O)C(F)(F)F)(C(=O)OC(C)(C)C)C(C[N+](=O)[O-])c1ccccc1. The van der Waals surface area contributed by atoms with Crippen LogP contribution in [0.15, 0.2) is 43.0 Å². The summed E-state index contributed by atoms with van der Waals surface area (Å²) in [6, 6.07) is 7.49. The average Bonchev–Trinajstić information content (AvgIpc) is 2.57. The maximum absolute atomic E-state index is 13.1. The van der Waals surface area contributed by atoms with Gasteiger partial charge in [0.2, 0.25) is 6.54 Å². The van der Waals surface area contributed by atoms with Crippen molar-refractivity contribution in [3.05, 3.63) is 58.7 Å². The Morgan fingerprint density at radius 3 is 2.21 bits per heavy atom. The first-order chi connectivity index (χ1) is 13.2. The Morgan fingerprint density at radius 2 is 1.79 bits per heavy atom. The largest absolute Gasteiger partial charge is 0.471 e. The van der Waals surface area contributed by atoms with Crippen LogP contribution >= 0.6 is 0 Å². The predicted octanol–water partition coefficient (Wildman–Crippen LogP) is 3.38. The van der Waals surface area contributed by atoms with Gasteiger partial charge in [-0.15, -0.1) is 6.58 Å². The monoisotopic (exact) mass is 416 g/mol. The van der Waals surface area contributed by atoms with E-state index in [1.807, 2.05) is 0 Å². The van der Waals surface area contributed by atoms with E-state index >= 15 is 0 Å². The first-order valence-electron chi connectivity index (χ1n) is 8.63. The Balaban J connectivity index is 3.70. The number of nitro groups is 1. The van der Waals surface area contributed by atoms with Gasteiger partial charge in [0.1, 0.15) is 5.60 Å². The van der Waals surface area contributed by atoms with Crippen LogP contribution in [0.5, 0.6) is 0 Å². The molecule has 0 saturated carbocycles. The van der Waals surface area contributed by atoms with Crippen molar-refractivity contribution in [2.45, 2.75) is 50.4 Å². The number of nitrogens with zero attached hydrogens (tertiary/aromatic N) is 1. The lowest BCUT2D eigenvalue weighted by molar-refractivity contribution is -0.485. The molecular formula is C19H23F3N2O5. The molecule has 1 rings (SSSR count). The number of carbonyl (C=O) groups excluding carboxylic acids is 2. The van der Waals surface area contributed by atoms with Crippen molar-refractivity contribution in [1.82, 2.24) is 5.32 Å². The highest BCUT2D eigenvalue weighted by molar-refractivity contribution is 5.91. The summed E-state index contributed by atoms with van der Waals surface area (Å²) in [5.74, 6) is -5.08. The van der Waals surface area contributed by atoms with Crippen LogP contribution in [0.3, 0.4) is 0 Å². The van der Waals surface area contributed by atoms with E-state index < -0.39 is 53.0 Å². The summed E-state index contributed by atoms with van der Waals surface area (Å²) in [6.45, 7) is 6.98. The van der Waals surface area contributed by atoms with E-state index in [1.165, 1.54) is 45.0 Å². The molecule has 2 unspecified atom stereocenters. The number of rotatable bonds is 8. The summed E-state index contributed by atoms with van der Waals surface area (Å²) < 4.78 is 44.3. The van der Waals surface area contributed by atoms with Gasteiger partial charge >= 0.3 is 18.1 Å². The zero-order chi connectivity index (χ0) is 22.5. The summed E-state index contributed by atoms with van der Waals surface area (Å²) in [5, 5.41) is 13.0. The minimum atomic E-state index is -5.32. The van der Waals surface area contributed by atoms with E-state index in [-0.39, 0.29) is 5.56 Å². The summed E-state index contributed by atoms with van der Waals surface area (Å²) in [4.78, 5) is 35.4. The molecule has 0 spiro atoms. The second-order valence-electron chi connectivity index (χ2n) is 7.40. The maximum atomic E-state index is 13.1. The number of hydrogen-bond donors (Lipinski definition) is 1. The van der Waals surface area contributed by atoms with Gasteiger partial charge < -0.3 is 10.1 Å². The van der Waals surface area contributed by atoms with Crippen LogP contribution < -0.4 is 5.32 Å². The molecular weight excluding hydrogens is 393 g/mol. The zero-order valence-corrected chi connectivity index (χ0v) is 16.3. The molecule has 160 valence electrons. The van der Waals surface area contributed by atoms with Crippen LogP contribution in [0.25, 0.3) is 0 Å². The molecule has 0 aromatic heterocycles. The lowest BCUT2D eigenvalue weighted by Crippen LogP contribution is -2.63. The van der Waals surface area contributed by atoms with Gasteiger partial charge in [-0.2, -0.15) is 13.2 Å². The van der Waals surface area contributed by atoms with Crippen LogP contribution in [-0.2, 0) is 14.3 Å². The molecule has 1 N–H and O–H groups in total. The van der Waals surface area contributed by atoms with E-state index in [1.54, 1.807) is 11.4 Å². The van der Waals surface area contributed by atoms with Gasteiger partial charge in [-0.1, -0.05) is 36.4 Å². The van der Waals surface area contributed by atoms with Crippen molar-refractivity contribution in [2.75, 3.05) is 6.54 Å². The van der Waals surface area contributed by atoms with Crippen molar-refractivity contribution in [2.24, 2.45) is 0 Å². The lowest BCUT2D eigenvalue weighted by atomic mass is 9.76. The number of esters is 1. The first-order valence-corrected chi connectivity index (χ1v) is 8.63. The van der Waals surface area contributed by atoms with Gasteiger partial charge in [-0.25, -0.2) is 4.79 Å². The third-order valence-electron chi connectivity index (χ3n) is 3.95. The number of amides is 1. The number of halogens is 3. The van der Waals surface area contributed by atoms with Crippen molar-refractivity contribution in [3.63, 3.8) is 0 Å². The highest BCUT2D eigenvalue weighted by atomic mass is 19.4. The number of hydrogen-bond acceptors (Lipinski definition) is 5. The molecule has 2 atom stereocenters. The van der Waals surface area contributed by atoms with Crippen LogP contribution in [0.4, 0.5) is 13.2 Å². The van der Waals surface area contributed by atoms with E-state index in [2.05, 4.69) is 6.58 Å². The first kappa shape index (κ1) is 24.1. The summed E-state index contributed by atoms with van der Waals surface area (Å²) in [7, 11) is 0. The minimum Gasteiger partial charge on any atom is -0.458 e. The Morgan fingerprint density at radius 1 is 1.24 bits per heavy atom. The number of carbonyl (C=O) groups is 2. The summed E-state index contributed by atoms with van der Waals surface area (Å²) >= 11 is 0. The second-order valence-corrected chi connectivity index (χ2v) is 7.40. The van der Waals surface area contributed by atoms with Crippen LogP contribution in [0.1, 0.15) is 38.7 Å². The number of benzene rings is 1. The zero-order valence-electron chi connectivity index (χ0n) is 16.3. The van der Waals surface area contributed by atoms with Crippen molar-refractivity contribution >= 4 is 11.9 Å². The lowest BCUT2D eigenvalue weighted by Gasteiger charge is -2.39. The van der Waals surface area contributed by atoms with Gasteiger partial charge in [0.25, 0.3) is 0 Å². The highest BCUT2D eigenvalue weighted by Gasteiger charge is 2.54. The van der Waals surface area contributed by atoms with Gasteiger partial charge in [0.15, 0.2) is 5.54 Å². The van der Waals surface area contributed by atoms with Crippen LogP contribution in [0.2, 0.25) is 0 Å². The van der Waals surface area contributed by atoms with E-state index in [0.717, 1.165) is 6.08 Å². The van der Waals surface area contributed by atoms with Gasteiger partial charge in [0.05, 0.1) is 5.92 Å². The highest BCUT2D eigenvalue weighted by Crippen LogP contribution is 2.35. The Labute approximate surface area is 166 Å². The van der Waals surface area contributed by atoms with E-state index in [9.17, 15) is 32.9 Å². The molecule has 1 amide bonds. The van der Waals surface area contributed by atoms with Gasteiger partial charge in [0, 0.05) is 4.92 Å². The molecule has 1 aromatic carbocycles. The number of alkyl halides is 3. The maximum Gasteiger partial charge on any atom is 0.471 e. The molecule has 7 nitrogen and oxygen atoms in total. The van der Waals surface area contributed by atoms with E-state index in [4.69, 9.17) is 4.74 Å². The average molecular weight is 416 g/mol. The standard InChI is InChI=1S/C19H23F3N2O5/c1-5-11-18(16(26)29-17(2,3)4,23-15(25)19(20,21)22)14(12-24(27)28)13-9-7-6-8-10-13/h5-10,14H,1,11-12H2,2-4H3,(H,23,25). The quantitative estimate of drug-likeness (QED) is 0.303. The molecule has 0 aliphatic rings. The smallest absolute Gasteiger partial charge is 0.458 e. The third kappa shape index (κ3) is 6.58. The molecule has 0 aliphatic carbocycles. The molecule has 0 saturated heterocycles. The molecule has 1 aromatic rings. The van der Waals surface area contributed by atoms with Crippen molar-refractivity contribution < 1.29 is 32.4 Å². The predicted molar refractivity (Wildman–Crippen MR) is 98.6 cm³/mol. The molecule has 0 fully saturated rings. The Bertz CT molecular complexity index is 759. The topological polar surface area (TPSA) is 98.5 Å². The van der Waals surface area contributed by atoms with Gasteiger partial charge in [-0.3, -0.25) is 14.9 Å². The normalized spacial score (nSPS) is 15.0. The number of ether oxygens (including phenoxy) is 1. The second kappa shape index (κ2) is 9.06. The summed E-state index contributed by atoms with van der Waals surface area (Å²) in [5.41, 5.74) is -3.32. The van der Waals surface area contributed by atoms with Gasteiger partial charge in [-0.05, 0) is 32.8 Å². The van der Waals surface area contributed by atoms with E-state index in [0.29, 0.717) is 0 Å². The third-order valence-corrected chi connectivity index (χ3v) is 3.95. The molecule has 10 heteroatoms. The molecule has 29 heavy (non-hydrogen) atoms. The van der Waals surface area contributed by atoms with Crippen molar-refractivity contribution in [1.29, 1.82) is 0 Å². The molecule has 0 aliphatic heterocycles. The molecule has 0 heterocycles. The molecule has 0 radical (unpaired) electrons. The molecule has 0 bridgehead atoms. The fourth-order valence-corrected chi connectivity index (χ4v) is 2.81.